The van der Waals surface area contributed by atoms with Crippen LogP contribution in [-0.4, -0.2) is 42.3 Å². The van der Waals surface area contributed by atoms with E-state index in [1.165, 1.54) is 50.0 Å². The van der Waals surface area contributed by atoms with Crippen LogP contribution in [0, 0.1) is 5.92 Å². The highest BCUT2D eigenvalue weighted by molar-refractivity contribution is 7.99. The third-order valence-corrected chi connectivity index (χ3v) is 5.15. The molecule has 0 spiro atoms. The van der Waals surface area contributed by atoms with Gasteiger partial charge in [-0.25, -0.2) is 4.79 Å². The molecule has 1 fully saturated rings. The minimum atomic E-state index is -0.435. The van der Waals surface area contributed by atoms with Crippen LogP contribution in [0.1, 0.15) is 66.2 Å². The van der Waals surface area contributed by atoms with Crippen molar-refractivity contribution in [1.82, 2.24) is 10.6 Å². The van der Waals surface area contributed by atoms with Crippen molar-refractivity contribution in [2.24, 2.45) is 5.92 Å². The summed E-state index contributed by atoms with van der Waals surface area (Å²) in [7, 11) is 0. The molecule has 1 aliphatic rings. The summed E-state index contributed by atoms with van der Waals surface area (Å²) in [5.41, 5.74) is -0.435. The van der Waals surface area contributed by atoms with E-state index in [9.17, 15) is 4.79 Å². The molecule has 1 rings (SSSR count). The number of ether oxygens (including phenoxy) is 1. The number of nitrogens with one attached hydrogen (secondary N) is 2. The molecule has 1 unspecified atom stereocenters. The van der Waals surface area contributed by atoms with E-state index in [0.29, 0.717) is 18.5 Å². The molecule has 1 aliphatic carbocycles. The van der Waals surface area contributed by atoms with Crippen LogP contribution < -0.4 is 10.6 Å². The Kier molecular flexibility index (Phi) is 10.0. The Hall–Kier alpha value is -0.420. The third-order valence-electron chi connectivity index (χ3n) is 4.16. The average Bonchev–Trinajstić information content (AvgIpc) is 2.49. The molecule has 2 N–H and O–H groups in total. The molecule has 1 amide bonds. The van der Waals surface area contributed by atoms with Gasteiger partial charge in [-0.2, -0.15) is 11.8 Å². The summed E-state index contributed by atoms with van der Waals surface area (Å²) in [4.78, 5) is 11.9. The number of alkyl carbamates (subject to hydrolysis) is 1. The lowest BCUT2D eigenvalue weighted by molar-refractivity contribution is 0.0516. The molecule has 0 heterocycles. The fourth-order valence-electron chi connectivity index (χ4n) is 3.06. The Bertz CT molecular complexity index is 325. The molecule has 136 valence electrons. The lowest BCUT2D eigenvalue weighted by Crippen LogP contribution is -2.47. The number of rotatable bonds is 9. The van der Waals surface area contributed by atoms with E-state index in [0.717, 1.165) is 6.54 Å². The summed E-state index contributed by atoms with van der Waals surface area (Å²) in [5.74, 6) is 3.07. The molecule has 0 saturated heterocycles. The summed E-state index contributed by atoms with van der Waals surface area (Å²) in [6.07, 6.45) is 7.43. The highest BCUT2D eigenvalue weighted by atomic mass is 32.2. The van der Waals surface area contributed by atoms with Crippen LogP contribution in [0.4, 0.5) is 4.79 Å². The normalized spacial score (nSPS) is 17.7. The zero-order valence-electron chi connectivity index (χ0n) is 15.5. The number of amides is 1. The van der Waals surface area contributed by atoms with Gasteiger partial charge in [0.2, 0.25) is 0 Å². The summed E-state index contributed by atoms with van der Waals surface area (Å²) in [6.45, 7) is 9.59. The highest BCUT2D eigenvalue weighted by Crippen LogP contribution is 2.26. The maximum Gasteiger partial charge on any atom is 0.407 e. The first-order valence-electron chi connectivity index (χ1n) is 9.20. The van der Waals surface area contributed by atoms with Crippen LogP contribution in [0.25, 0.3) is 0 Å². The molecule has 0 aromatic heterocycles. The molecule has 0 aromatic rings. The molecule has 0 bridgehead atoms. The maximum absolute atomic E-state index is 11.9. The molecule has 0 aliphatic heterocycles. The van der Waals surface area contributed by atoms with Crippen molar-refractivity contribution < 1.29 is 9.53 Å². The maximum atomic E-state index is 11.9. The third kappa shape index (κ3) is 10.1. The molecular weight excluding hydrogens is 308 g/mol. The summed E-state index contributed by atoms with van der Waals surface area (Å²) >= 11 is 1.99. The summed E-state index contributed by atoms with van der Waals surface area (Å²) < 4.78 is 5.35. The van der Waals surface area contributed by atoms with Crippen LogP contribution in [0.15, 0.2) is 0 Å². The lowest BCUT2D eigenvalue weighted by Gasteiger charge is -2.31. The first-order chi connectivity index (χ1) is 10.9. The molecule has 1 saturated carbocycles. The Morgan fingerprint density at radius 2 is 1.96 bits per heavy atom. The monoisotopic (exact) mass is 344 g/mol. The first-order valence-corrected chi connectivity index (χ1v) is 10.4. The second kappa shape index (κ2) is 11.2. The van der Waals surface area contributed by atoms with Crippen molar-refractivity contribution in [1.29, 1.82) is 0 Å². The van der Waals surface area contributed by atoms with Gasteiger partial charge in [0.05, 0.1) is 0 Å². The van der Waals surface area contributed by atoms with Gasteiger partial charge in [0, 0.05) is 12.6 Å². The molecule has 23 heavy (non-hydrogen) atoms. The highest BCUT2D eigenvalue weighted by Gasteiger charge is 2.24. The lowest BCUT2D eigenvalue weighted by atomic mass is 9.84. The van der Waals surface area contributed by atoms with Crippen LogP contribution in [0.3, 0.4) is 0 Å². The predicted octanol–water partition coefficient (Wildman–Crippen LogP) is 4.19. The molecule has 4 nitrogen and oxygen atoms in total. The van der Waals surface area contributed by atoms with Crippen molar-refractivity contribution in [3.8, 4) is 0 Å². The largest absolute Gasteiger partial charge is 0.444 e. The smallest absolute Gasteiger partial charge is 0.407 e. The van der Waals surface area contributed by atoms with E-state index in [4.69, 9.17) is 4.74 Å². The Labute approximate surface area is 146 Å². The van der Waals surface area contributed by atoms with Crippen molar-refractivity contribution in [3.63, 3.8) is 0 Å². The van der Waals surface area contributed by atoms with E-state index in [1.807, 2.05) is 32.5 Å². The number of carbonyl (C=O) groups excluding carboxylic acids is 1. The quantitative estimate of drug-likeness (QED) is 0.616. The van der Waals surface area contributed by atoms with Crippen LogP contribution in [0.5, 0.6) is 0 Å². The minimum absolute atomic E-state index is 0.304. The second-order valence-corrected chi connectivity index (χ2v) is 8.79. The van der Waals surface area contributed by atoms with Crippen LogP contribution in [0.2, 0.25) is 0 Å². The standard InChI is InChI=1S/C18H36N2O2S/c1-5-23-13-9-12-19-16(15-10-7-6-8-11-15)14-20-17(21)22-18(2,3)4/h15-16,19H,5-14H2,1-4H3,(H,20,21). The molecule has 0 aromatic carbocycles. The van der Waals surface area contributed by atoms with E-state index in [2.05, 4.69) is 17.6 Å². The summed E-state index contributed by atoms with van der Waals surface area (Å²) in [5, 5.41) is 6.64. The van der Waals surface area contributed by atoms with Gasteiger partial charge in [-0.15, -0.1) is 0 Å². The van der Waals surface area contributed by atoms with Gasteiger partial charge in [-0.3, -0.25) is 0 Å². The molecule has 5 heteroatoms. The fraction of sp³-hybridized carbons (Fsp3) is 0.944. The van der Waals surface area contributed by atoms with Crippen molar-refractivity contribution in [2.45, 2.75) is 77.9 Å². The van der Waals surface area contributed by atoms with E-state index >= 15 is 0 Å². The Morgan fingerprint density at radius 3 is 2.57 bits per heavy atom. The average molecular weight is 345 g/mol. The van der Waals surface area contributed by atoms with E-state index in [-0.39, 0.29) is 6.09 Å². The second-order valence-electron chi connectivity index (χ2n) is 7.39. The topological polar surface area (TPSA) is 50.4 Å². The van der Waals surface area contributed by atoms with Crippen LogP contribution >= 0.6 is 11.8 Å². The van der Waals surface area contributed by atoms with E-state index in [1.54, 1.807) is 0 Å². The minimum Gasteiger partial charge on any atom is -0.444 e. The van der Waals surface area contributed by atoms with E-state index < -0.39 is 5.60 Å². The Morgan fingerprint density at radius 1 is 1.26 bits per heavy atom. The van der Waals surface area contributed by atoms with Crippen molar-refractivity contribution in [3.05, 3.63) is 0 Å². The number of thioether (sulfide) groups is 1. The fourth-order valence-corrected chi connectivity index (χ4v) is 3.69. The zero-order chi connectivity index (χ0) is 17.1. The van der Waals surface area contributed by atoms with Crippen LogP contribution in [-0.2, 0) is 4.74 Å². The van der Waals surface area contributed by atoms with Gasteiger partial charge in [0.15, 0.2) is 0 Å². The number of carbonyl (C=O) groups is 1. The summed E-state index contributed by atoms with van der Waals surface area (Å²) in [6, 6.07) is 0.370. The molecule has 0 radical (unpaired) electrons. The van der Waals surface area contributed by atoms with Gasteiger partial charge in [-0.1, -0.05) is 26.2 Å². The van der Waals surface area contributed by atoms with Crippen molar-refractivity contribution >= 4 is 17.9 Å². The number of hydrogen-bond acceptors (Lipinski definition) is 4. The predicted molar refractivity (Wildman–Crippen MR) is 100 cm³/mol. The molecule has 1 atom stereocenters. The zero-order valence-corrected chi connectivity index (χ0v) is 16.3. The number of hydrogen-bond donors (Lipinski definition) is 2. The van der Waals surface area contributed by atoms with Gasteiger partial charge in [0.25, 0.3) is 0 Å². The van der Waals surface area contributed by atoms with Crippen molar-refractivity contribution in [2.75, 3.05) is 24.6 Å². The van der Waals surface area contributed by atoms with Gasteiger partial charge in [-0.05, 0) is 64.0 Å². The molecular formula is C18H36N2O2S. The van der Waals surface area contributed by atoms with Gasteiger partial charge in [0.1, 0.15) is 5.60 Å². The van der Waals surface area contributed by atoms with Gasteiger partial charge >= 0.3 is 6.09 Å². The first kappa shape index (κ1) is 20.6. The SMILES string of the molecule is CCSCCCNC(CNC(=O)OC(C)(C)C)C1CCCCC1. The van der Waals surface area contributed by atoms with Gasteiger partial charge < -0.3 is 15.4 Å². The Balaban J connectivity index is 2.38.